The van der Waals surface area contributed by atoms with Gasteiger partial charge in [0.05, 0.1) is 8.46 Å². The highest BCUT2D eigenvalue weighted by Gasteiger charge is 2.13. The van der Waals surface area contributed by atoms with Gasteiger partial charge in [-0.1, -0.05) is 80.8 Å². The van der Waals surface area contributed by atoms with Gasteiger partial charge in [0, 0.05) is 17.9 Å². The second-order valence-corrected chi connectivity index (χ2v) is 9.16. The second kappa shape index (κ2) is 12.4. The Kier molecular flexibility index (Phi) is 9.27. The number of rotatable bonds is 10. The van der Waals surface area contributed by atoms with Crippen LogP contribution in [0.1, 0.15) is 54.5 Å². The van der Waals surface area contributed by atoms with E-state index in [0.717, 1.165) is 53.6 Å². The summed E-state index contributed by atoms with van der Waals surface area (Å²) in [5, 5.41) is 3.09. The summed E-state index contributed by atoms with van der Waals surface area (Å²) >= 11 is 0. The molecule has 0 aromatic heterocycles. The summed E-state index contributed by atoms with van der Waals surface area (Å²) in [5.41, 5.74) is 8.98. The third-order valence-corrected chi connectivity index (χ3v) is 6.39. The molecule has 0 saturated heterocycles. The van der Waals surface area contributed by atoms with Crippen molar-refractivity contribution in [3.05, 3.63) is 94.6 Å². The van der Waals surface area contributed by atoms with Crippen LogP contribution in [-0.4, -0.2) is 5.91 Å². The average molecular weight is 460 g/mol. The van der Waals surface area contributed by atoms with E-state index in [2.05, 4.69) is 62.5 Å². The quantitative estimate of drug-likeness (QED) is 0.252. The minimum Gasteiger partial charge on any atom is -0.330 e. The van der Waals surface area contributed by atoms with E-state index >= 15 is 0 Å². The molecule has 0 fully saturated rings. The number of nitrogens with one attached hydrogen (secondary N) is 1. The first kappa shape index (κ1) is 24.7. The van der Waals surface area contributed by atoms with E-state index < -0.39 is 8.46 Å². The van der Waals surface area contributed by atoms with Crippen molar-refractivity contribution >= 4 is 26.1 Å². The Morgan fingerprint density at radius 2 is 1.64 bits per heavy atom. The largest absolute Gasteiger partial charge is 0.330 e. The third kappa shape index (κ3) is 6.79. The zero-order valence-corrected chi connectivity index (χ0v) is 21.0. The highest BCUT2D eigenvalue weighted by atomic mass is 31.1. The van der Waals surface area contributed by atoms with Crippen molar-refractivity contribution in [2.24, 2.45) is 0 Å². The summed E-state index contributed by atoms with van der Waals surface area (Å²) in [5.74, 6) is -0.141. The molecule has 0 heterocycles. The predicted molar refractivity (Wildman–Crippen MR) is 143 cm³/mol. The SMILES string of the molecule is CCCc1c(C[PH2]=O)ccc(NC(=O)C=Cc2cccc(-c3ccc(C)cc3)c2)c1CCC. The van der Waals surface area contributed by atoms with Crippen LogP contribution in [-0.2, 0) is 28.4 Å². The first-order valence-electron chi connectivity index (χ1n) is 11.8. The van der Waals surface area contributed by atoms with Gasteiger partial charge in [-0.15, -0.1) is 0 Å². The van der Waals surface area contributed by atoms with Gasteiger partial charge < -0.3 is 9.88 Å². The lowest BCUT2D eigenvalue weighted by Gasteiger charge is -2.18. The molecule has 4 heteroatoms. The summed E-state index contributed by atoms with van der Waals surface area (Å²) in [6.07, 6.45) is 7.93. The van der Waals surface area contributed by atoms with E-state index in [1.54, 1.807) is 6.08 Å². The van der Waals surface area contributed by atoms with E-state index in [4.69, 9.17) is 0 Å². The first-order chi connectivity index (χ1) is 16.0. The van der Waals surface area contributed by atoms with Gasteiger partial charge in [0.2, 0.25) is 5.91 Å². The summed E-state index contributed by atoms with van der Waals surface area (Å²) < 4.78 is 11.3. The molecule has 0 spiro atoms. The topological polar surface area (TPSA) is 46.2 Å². The molecule has 3 aromatic rings. The number of benzene rings is 3. The van der Waals surface area contributed by atoms with Crippen molar-refractivity contribution in [1.82, 2.24) is 0 Å². The average Bonchev–Trinajstić information content (AvgIpc) is 2.82. The molecule has 0 aliphatic rings. The van der Waals surface area contributed by atoms with Gasteiger partial charge in [-0.25, -0.2) is 0 Å². The molecule has 0 radical (unpaired) electrons. The first-order valence-corrected chi connectivity index (χ1v) is 13.1. The Balaban J connectivity index is 1.80. The van der Waals surface area contributed by atoms with Gasteiger partial charge >= 0.3 is 0 Å². The number of anilines is 1. The Bertz CT molecular complexity index is 1130. The summed E-state index contributed by atoms with van der Waals surface area (Å²) in [4.78, 5) is 12.8. The highest BCUT2D eigenvalue weighted by molar-refractivity contribution is 7.22. The molecule has 172 valence electrons. The van der Waals surface area contributed by atoms with E-state index in [1.165, 1.54) is 16.7 Å². The second-order valence-electron chi connectivity index (χ2n) is 8.41. The van der Waals surface area contributed by atoms with Crippen LogP contribution in [0.15, 0.2) is 66.7 Å². The van der Waals surface area contributed by atoms with Crippen molar-refractivity contribution in [3.63, 3.8) is 0 Å². The number of hydrogen-bond donors (Lipinski definition) is 1. The number of aryl methyl sites for hydroxylation is 1. The molecule has 0 saturated carbocycles. The molecule has 1 atom stereocenters. The molecule has 3 aromatic carbocycles. The maximum atomic E-state index is 12.8. The highest BCUT2D eigenvalue weighted by Crippen LogP contribution is 2.29. The summed E-state index contributed by atoms with van der Waals surface area (Å²) in [6.45, 7) is 6.38. The molecule has 3 nitrogen and oxygen atoms in total. The van der Waals surface area contributed by atoms with E-state index in [-0.39, 0.29) is 5.91 Å². The fourth-order valence-corrected chi connectivity index (χ4v) is 4.71. The van der Waals surface area contributed by atoms with Gasteiger partial charge in [0.15, 0.2) is 0 Å². The Morgan fingerprint density at radius 1 is 0.909 bits per heavy atom. The van der Waals surface area contributed by atoms with E-state index in [9.17, 15) is 9.36 Å². The van der Waals surface area contributed by atoms with Crippen molar-refractivity contribution in [1.29, 1.82) is 0 Å². The smallest absolute Gasteiger partial charge is 0.248 e. The van der Waals surface area contributed by atoms with Gasteiger partial charge in [0.25, 0.3) is 0 Å². The Morgan fingerprint density at radius 3 is 2.33 bits per heavy atom. The van der Waals surface area contributed by atoms with Crippen LogP contribution in [0, 0.1) is 6.92 Å². The van der Waals surface area contributed by atoms with E-state index in [0.29, 0.717) is 6.16 Å². The normalized spacial score (nSPS) is 11.5. The zero-order valence-electron chi connectivity index (χ0n) is 19.9. The molecular formula is C29H34NO2P. The minimum atomic E-state index is -0.824. The fourth-order valence-electron chi connectivity index (χ4n) is 4.15. The standard InChI is InChI=1S/C29H34NO2P/c1-4-7-26-25(20-33-32)16-17-28(27(26)8-5-2)30-29(31)18-13-22-9-6-10-24(19-22)23-14-11-21(3)12-15-23/h6,9-19H,4-5,7-8,20,33H2,1-3H3,(H,30,31). The van der Waals surface area contributed by atoms with Crippen LogP contribution in [0.2, 0.25) is 0 Å². The maximum Gasteiger partial charge on any atom is 0.248 e. The van der Waals surface area contributed by atoms with Crippen molar-refractivity contribution in [2.45, 2.75) is 52.6 Å². The zero-order chi connectivity index (χ0) is 23.6. The van der Waals surface area contributed by atoms with Gasteiger partial charge in [0.1, 0.15) is 0 Å². The molecule has 0 aliphatic carbocycles. The molecular weight excluding hydrogens is 425 g/mol. The van der Waals surface area contributed by atoms with Crippen LogP contribution < -0.4 is 5.32 Å². The maximum absolute atomic E-state index is 12.8. The number of carbonyl (C=O) groups is 1. The van der Waals surface area contributed by atoms with Gasteiger partial charge in [-0.3, -0.25) is 4.79 Å². The molecule has 1 N–H and O–H groups in total. The molecule has 1 amide bonds. The lowest BCUT2D eigenvalue weighted by molar-refractivity contribution is -0.111. The molecule has 3 rings (SSSR count). The van der Waals surface area contributed by atoms with Crippen molar-refractivity contribution in [3.8, 4) is 11.1 Å². The minimum absolute atomic E-state index is 0.141. The third-order valence-electron chi connectivity index (χ3n) is 5.79. The van der Waals surface area contributed by atoms with Gasteiger partial charge in [-0.05, 0) is 71.4 Å². The number of hydrogen-bond acceptors (Lipinski definition) is 2. The van der Waals surface area contributed by atoms with Crippen LogP contribution >= 0.6 is 8.46 Å². The summed E-state index contributed by atoms with van der Waals surface area (Å²) in [6, 6.07) is 20.6. The molecule has 1 unspecified atom stereocenters. The lowest BCUT2D eigenvalue weighted by atomic mass is 9.93. The molecule has 0 bridgehead atoms. The van der Waals surface area contributed by atoms with Crippen LogP contribution in [0.5, 0.6) is 0 Å². The van der Waals surface area contributed by atoms with Crippen LogP contribution in [0.3, 0.4) is 0 Å². The van der Waals surface area contributed by atoms with Crippen molar-refractivity contribution < 1.29 is 9.36 Å². The molecule has 33 heavy (non-hydrogen) atoms. The predicted octanol–water partition coefficient (Wildman–Crippen LogP) is 7.48. The number of carbonyl (C=O) groups excluding carboxylic acids is 1. The summed E-state index contributed by atoms with van der Waals surface area (Å²) in [7, 11) is -0.824. The Labute approximate surface area is 199 Å². The lowest BCUT2D eigenvalue weighted by Crippen LogP contribution is -2.12. The van der Waals surface area contributed by atoms with Crippen LogP contribution in [0.25, 0.3) is 17.2 Å². The Hall–Kier alpha value is -2.90. The fraction of sp³-hybridized carbons (Fsp3) is 0.276. The van der Waals surface area contributed by atoms with Crippen LogP contribution in [0.4, 0.5) is 5.69 Å². The monoisotopic (exact) mass is 459 g/mol. The van der Waals surface area contributed by atoms with Gasteiger partial charge in [-0.2, -0.15) is 0 Å². The van der Waals surface area contributed by atoms with Crippen molar-refractivity contribution in [2.75, 3.05) is 5.32 Å². The number of amides is 1. The molecule has 0 aliphatic heterocycles. The van der Waals surface area contributed by atoms with E-state index in [1.807, 2.05) is 30.3 Å².